The molecule has 0 spiro atoms. The van der Waals surface area contributed by atoms with Crippen molar-refractivity contribution in [2.45, 2.75) is 13.0 Å². The second kappa shape index (κ2) is 8.98. The van der Waals surface area contributed by atoms with Crippen molar-refractivity contribution >= 4 is 0 Å². The van der Waals surface area contributed by atoms with E-state index in [1.54, 1.807) is 18.2 Å². The topological polar surface area (TPSA) is 80.5 Å². The van der Waals surface area contributed by atoms with Gasteiger partial charge in [-0.3, -0.25) is 9.69 Å². The van der Waals surface area contributed by atoms with Crippen molar-refractivity contribution in [2.75, 3.05) is 32.8 Å². The fraction of sp³-hybridized carbons (Fsp3) is 0.318. The highest BCUT2D eigenvalue weighted by Gasteiger charge is 2.15. The van der Waals surface area contributed by atoms with Gasteiger partial charge in [0.1, 0.15) is 11.4 Å². The molecule has 1 aliphatic heterocycles. The van der Waals surface area contributed by atoms with E-state index in [2.05, 4.69) is 15.0 Å². The van der Waals surface area contributed by atoms with Gasteiger partial charge in [-0.25, -0.2) is 9.67 Å². The maximum Gasteiger partial charge on any atom is 0.288 e. The molecule has 1 aromatic heterocycles. The first kappa shape index (κ1) is 19.3. The summed E-state index contributed by atoms with van der Waals surface area (Å²) in [7, 11) is 0. The summed E-state index contributed by atoms with van der Waals surface area (Å²) in [6, 6.07) is 16.6. The molecule has 7 nitrogen and oxygen atoms in total. The second-order valence-corrected chi connectivity index (χ2v) is 7.08. The zero-order chi connectivity index (χ0) is 20.1. The number of phenolic OH excluding ortho intramolecular Hbond substituents is 1. The van der Waals surface area contributed by atoms with E-state index in [9.17, 15) is 9.90 Å². The first-order valence-electron chi connectivity index (χ1n) is 9.80. The Labute approximate surface area is 169 Å². The Morgan fingerprint density at radius 3 is 2.55 bits per heavy atom. The molecule has 150 valence electrons. The molecular weight excluding hydrogens is 368 g/mol. The summed E-state index contributed by atoms with van der Waals surface area (Å²) in [4.78, 5) is 19.9. The SMILES string of the molecule is O=c1c(Cc2cccc(O)c2)nc(-c2ccccc2)nn1CCN1CCOCC1. The number of hydrogen-bond donors (Lipinski definition) is 1. The van der Waals surface area contributed by atoms with Crippen LogP contribution in [0.5, 0.6) is 5.75 Å². The van der Waals surface area contributed by atoms with Crippen LogP contribution >= 0.6 is 0 Å². The van der Waals surface area contributed by atoms with Gasteiger partial charge in [-0.2, -0.15) is 0 Å². The van der Waals surface area contributed by atoms with E-state index in [4.69, 9.17) is 4.74 Å². The molecule has 2 aromatic carbocycles. The average Bonchev–Trinajstić information content (AvgIpc) is 2.76. The standard InChI is InChI=1S/C22H24N4O3/c27-19-8-4-5-17(15-19)16-20-22(28)26(10-9-25-11-13-29-14-12-25)24-21(23-20)18-6-2-1-3-7-18/h1-8,15,27H,9-14,16H2. The number of nitrogens with zero attached hydrogens (tertiary/aromatic N) is 4. The van der Waals surface area contributed by atoms with Crippen molar-refractivity contribution in [2.24, 2.45) is 0 Å². The summed E-state index contributed by atoms with van der Waals surface area (Å²) in [6.45, 7) is 4.39. The summed E-state index contributed by atoms with van der Waals surface area (Å²) >= 11 is 0. The van der Waals surface area contributed by atoms with Gasteiger partial charge in [0, 0.05) is 31.6 Å². The molecule has 0 saturated carbocycles. The molecule has 1 saturated heterocycles. The monoisotopic (exact) mass is 392 g/mol. The molecule has 0 radical (unpaired) electrons. The van der Waals surface area contributed by atoms with Gasteiger partial charge in [-0.1, -0.05) is 42.5 Å². The van der Waals surface area contributed by atoms with Crippen LogP contribution in [0.2, 0.25) is 0 Å². The fourth-order valence-corrected chi connectivity index (χ4v) is 3.40. The van der Waals surface area contributed by atoms with Gasteiger partial charge in [-0.05, 0) is 17.7 Å². The first-order valence-corrected chi connectivity index (χ1v) is 9.80. The lowest BCUT2D eigenvalue weighted by atomic mass is 10.1. The van der Waals surface area contributed by atoms with E-state index in [1.807, 2.05) is 36.4 Å². The lowest BCUT2D eigenvalue weighted by Crippen LogP contribution is -2.40. The third kappa shape index (κ3) is 4.88. The van der Waals surface area contributed by atoms with Gasteiger partial charge in [0.15, 0.2) is 5.82 Å². The van der Waals surface area contributed by atoms with Crippen LogP contribution in [-0.2, 0) is 17.7 Å². The molecule has 4 rings (SSSR count). The molecule has 0 atom stereocenters. The number of morpholine rings is 1. The molecule has 0 bridgehead atoms. The van der Waals surface area contributed by atoms with E-state index >= 15 is 0 Å². The summed E-state index contributed by atoms with van der Waals surface area (Å²) in [5.41, 5.74) is 1.93. The predicted octanol–water partition coefficient (Wildman–Crippen LogP) is 1.93. The Morgan fingerprint density at radius 1 is 1.00 bits per heavy atom. The molecular formula is C22H24N4O3. The zero-order valence-electron chi connectivity index (χ0n) is 16.2. The lowest BCUT2D eigenvalue weighted by molar-refractivity contribution is 0.0357. The van der Waals surface area contributed by atoms with Crippen molar-refractivity contribution in [3.05, 3.63) is 76.2 Å². The quantitative estimate of drug-likeness (QED) is 0.691. The highest BCUT2D eigenvalue weighted by atomic mass is 16.5. The van der Waals surface area contributed by atoms with Crippen molar-refractivity contribution in [1.29, 1.82) is 0 Å². The molecule has 1 N–H and O–H groups in total. The number of ether oxygens (including phenoxy) is 1. The summed E-state index contributed by atoms with van der Waals surface area (Å²) in [5.74, 6) is 0.704. The van der Waals surface area contributed by atoms with Crippen LogP contribution in [0.3, 0.4) is 0 Å². The van der Waals surface area contributed by atoms with Gasteiger partial charge in [0.2, 0.25) is 0 Å². The molecule has 29 heavy (non-hydrogen) atoms. The molecule has 0 aliphatic carbocycles. The highest BCUT2D eigenvalue weighted by Crippen LogP contribution is 2.16. The van der Waals surface area contributed by atoms with Gasteiger partial charge < -0.3 is 9.84 Å². The second-order valence-electron chi connectivity index (χ2n) is 7.08. The van der Waals surface area contributed by atoms with Crippen molar-refractivity contribution in [3.63, 3.8) is 0 Å². The van der Waals surface area contributed by atoms with Crippen LogP contribution in [0, 0.1) is 0 Å². The van der Waals surface area contributed by atoms with Gasteiger partial charge in [0.05, 0.1) is 19.8 Å². The Morgan fingerprint density at radius 2 is 1.79 bits per heavy atom. The normalized spacial score (nSPS) is 14.8. The largest absolute Gasteiger partial charge is 0.508 e. The lowest BCUT2D eigenvalue weighted by Gasteiger charge is -2.26. The summed E-state index contributed by atoms with van der Waals surface area (Å²) in [6.07, 6.45) is 0.340. The van der Waals surface area contributed by atoms with Crippen molar-refractivity contribution in [3.8, 4) is 17.1 Å². The minimum Gasteiger partial charge on any atom is -0.508 e. The third-order valence-electron chi connectivity index (χ3n) is 4.98. The average molecular weight is 392 g/mol. The molecule has 0 unspecified atom stereocenters. The fourth-order valence-electron chi connectivity index (χ4n) is 3.40. The van der Waals surface area contributed by atoms with Gasteiger partial charge in [0.25, 0.3) is 5.56 Å². The van der Waals surface area contributed by atoms with Crippen LogP contribution in [-0.4, -0.2) is 57.6 Å². The molecule has 2 heterocycles. The van der Waals surface area contributed by atoms with Crippen LogP contribution < -0.4 is 5.56 Å². The van der Waals surface area contributed by atoms with Gasteiger partial charge in [-0.15, -0.1) is 5.10 Å². The number of aromatic hydroxyl groups is 1. The van der Waals surface area contributed by atoms with Crippen LogP contribution in [0.1, 0.15) is 11.3 Å². The number of rotatable bonds is 6. The Balaban J connectivity index is 1.66. The Kier molecular flexibility index (Phi) is 5.97. The number of hydrogen-bond acceptors (Lipinski definition) is 6. The highest BCUT2D eigenvalue weighted by molar-refractivity contribution is 5.53. The van der Waals surface area contributed by atoms with Gasteiger partial charge >= 0.3 is 0 Å². The van der Waals surface area contributed by atoms with E-state index < -0.39 is 0 Å². The predicted molar refractivity (Wildman–Crippen MR) is 110 cm³/mol. The van der Waals surface area contributed by atoms with E-state index in [-0.39, 0.29) is 11.3 Å². The first-order chi connectivity index (χ1) is 14.2. The summed E-state index contributed by atoms with van der Waals surface area (Å²) < 4.78 is 6.91. The maximum atomic E-state index is 13.0. The number of benzene rings is 2. The minimum atomic E-state index is -0.193. The van der Waals surface area contributed by atoms with E-state index in [0.29, 0.717) is 24.5 Å². The molecule has 1 aliphatic rings. The molecule has 0 amide bonds. The molecule has 7 heteroatoms. The van der Waals surface area contributed by atoms with Crippen molar-refractivity contribution < 1.29 is 9.84 Å². The summed E-state index contributed by atoms with van der Waals surface area (Å²) in [5, 5.41) is 14.3. The Hall–Kier alpha value is -3.03. The van der Waals surface area contributed by atoms with Crippen LogP contribution in [0.4, 0.5) is 0 Å². The molecule has 1 fully saturated rings. The third-order valence-corrected chi connectivity index (χ3v) is 4.98. The number of phenols is 1. The van der Waals surface area contributed by atoms with E-state index in [0.717, 1.165) is 44.0 Å². The number of aromatic nitrogens is 3. The smallest absolute Gasteiger partial charge is 0.288 e. The van der Waals surface area contributed by atoms with Crippen LogP contribution in [0.25, 0.3) is 11.4 Å². The van der Waals surface area contributed by atoms with Crippen molar-refractivity contribution in [1.82, 2.24) is 19.7 Å². The Bertz CT molecular complexity index is 1010. The minimum absolute atomic E-state index is 0.174. The van der Waals surface area contributed by atoms with E-state index in [1.165, 1.54) is 4.68 Å². The maximum absolute atomic E-state index is 13.0. The zero-order valence-corrected chi connectivity index (χ0v) is 16.2. The molecule has 3 aromatic rings. The van der Waals surface area contributed by atoms with Crippen LogP contribution in [0.15, 0.2) is 59.4 Å².